The van der Waals surface area contributed by atoms with Gasteiger partial charge < -0.3 is 14.6 Å². The van der Waals surface area contributed by atoms with E-state index in [2.05, 4.69) is 4.98 Å². The molecule has 0 amide bonds. The molecule has 12 heteroatoms. The number of carbonyl (C=O) groups excluding carboxylic acids is 1. The Hall–Kier alpha value is -2.89. The van der Waals surface area contributed by atoms with E-state index in [0.29, 0.717) is 17.6 Å². The minimum Gasteiger partial charge on any atom is -0.545 e. The number of carbonyl (C=O) groups is 1. The SMILES string of the molecule is O=C([O-])c1cc(C2=C(c3cc(C(F)(F)F)ccc3OCc3ccccc3F)CCC2)cnc1C(F)(F)F.[Na+]. The number of aromatic carboxylic acids is 1. The number of allylic oxidation sites excluding steroid dienone is 2. The first kappa shape index (κ1) is 29.7. The zero-order valence-electron chi connectivity index (χ0n) is 19.8. The Bertz CT molecular complexity index is 1380. The van der Waals surface area contributed by atoms with Crippen molar-refractivity contribution in [3.05, 3.63) is 94.1 Å². The third kappa shape index (κ3) is 6.39. The van der Waals surface area contributed by atoms with Gasteiger partial charge in [-0.2, -0.15) is 26.3 Å². The number of aromatic nitrogens is 1. The van der Waals surface area contributed by atoms with Crippen LogP contribution >= 0.6 is 0 Å². The number of hydrogen-bond acceptors (Lipinski definition) is 4. The Kier molecular flexibility index (Phi) is 8.95. The van der Waals surface area contributed by atoms with Crippen LogP contribution in [0.15, 0.2) is 54.7 Å². The number of rotatable bonds is 6. The minimum atomic E-state index is -5.05. The molecule has 0 atom stereocenters. The van der Waals surface area contributed by atoms with Crippen molar-refractivity contribution in [2.75, 3.05) is 0 Å². The van der Waals surface area contributed by atoms with Gasteiger partial charge in [0.1, 0.15) is 18.2 Å². The summed E-state index contributed by atoms with van der Waals surface area (Å²) >= 11 is 0. The van der Waals surface area contributed by atoms with Crippen molar-refractivity contribution in [2.45, 2.75) is 38.2 Å². The zero-order chi connectivity index (χ0) is 27.0. The van der Waals surface area contributed by atoms with Crippen molar-refractivity contribution in [2.24, 2.45) is 0 Å². The summed E-state index contributed by atoms with van der Waals surface area (Å²) in [5.41, 5.74) is -2.93. The second kappa shape index (κ2) is 11.5. The quantitative estimate of drug-likeness (QED) is 0.351. The molecule has 0 radical (unpaired) electrons. The molecule has 1 heterocycles. The summed E-state index contributed by atoms with van der Waals surface area (Å²) in [6.45, 7) is -0.287. The van der Waals surface area contributed by atoms with Crippen LogP contribution in [-0.2, 0) is 19.0 Å². The van der Waals surface area contributed by atoms with E-state index >= 15 is 0 Å². The largest absolute Gasteiger partial charge is 1.00 e. The fourth-order valence-corrected chi connectivity index (χ4v) is 4.21. The molecule has 0 fully saturated rings. The number of nitrogens with zero attached hydrogens (tertiary/aromatic N) is 1. The summed E-state index contributed by atoms with van der Waals surface area (Å²) in [7, 11) is 0. The van der Waals surface area contributed by atoms with E-state index in [1.165, 1.54) is 18.2 Å². The van der Waals surface area contributed by atoms with Crippen LogP contribution in [0.3, 0.4) is 0 Å². The fraction of sp³-hybridized carbons (Fsp3) is 0.231. The first-order chi connectivity index (χ1) is 17.4. The van der Waals surface area contributed by atoms with Crippen LogP contribution in [0.2, 0.25) is 0 Å². The molecule has 38 heavy (non-hydrogen) atoms. The topological polar surface area (TPSA) is 62.2 Å². The molecule has 4 rings (SSSR count). The predicted molar refractivity (Wildman–Crippen MR) is 116 cm³/mol. The van der Waals surface area contributed by atoms with Crippen LogP contribution in [0.5, 0.6) is 5.75 Å². The van der Waals surface area contributed by atoms with Gasteiger partial charge in [0.25, 0.3) is 0 Å². The van der Waals surface area contributed by atoms with E-state index in [1.54, 1.807) is 6.07 Å². The summed E-state index contributed by atoms with van der Waals surface area (Å²) in [6.07, 6.45) is -7.98. The Balaban J connectivity index is 0.00000400. The van der Waals surface area contributed by atoms with E-state index in [-0.39, 0.29) is 71.4 Å². The first-order valence-electron chi connectivity index (χ1n) is 10.9. The van der Waals surface area contributed by atoms with Crippen molar-refractivity contribution in [3.63, 3.8) is 0 Å². The Morgan fingerprint density at radius 1 is 0.947 bits per heavy atom. The molecule has 4 nitrogen and oxygen atoms in total. The Labute approximate surface area is 234 Å². The zero-order valence-corrected chi connectivity index (χ0v) is 21.8. The Morgan fingerprint density at radius 3 is 2.26 bits per heavy atom. The third-order valence-electron chi connectivity index (χ3n) is 5.92. The molecule has 1 aliphatic carbocycles. The number of carboxylic acids is 1. The van der Waals surface area contributed by atoms with Gasteiger partial charge in [0.2, 0.25) is 0 Å². The molecule has 0 saturated heterocycles. The maximum absolute atomic E-state index is 14.0. The summed E-state index contributed by atoms with van der Waals surface area (Å²) in [4.78, 5) is 14.7. The van der Waals surface area contributed by atoms with Gasteiger partial charge in [0, 0.05) is 22.9 Å². The van der Waals surface area contributed by atoms with Crippen LogP contribution in [0, 0.1) is 5.82 Å². The smallest absolute Gasteiger partial charge is 0.545 e. The van der Waals surface area contributed by atoms with Gasteiger partial charge in [-0.25, -0.2) is 4.39 Å². The molecule has 0 unspecified atom stereocenters. The number of halogens is 7. The van der Waals surface area contributed by atoms with Crippen LogP contribution in [0.25, 0.3) is 11.1 Å². The third-order valence-corrected chi connectivity index (χ3v) is 5.92. The number of carboxylic acid groups (broad SMARTS) is 1. The second-order valence-electron chi connectivity index (χ2n) is 8.30. The van der Waals surface area contributed by atoms with Crippen molar-refractivity contribution in [1.82, 2.24) is 4.98 Å². The molecule has 1 aliphatic rings. The van der Waals surface area contributed by atoms with Gasteiger partial charge in [0.05, 0.1) is 11.5 Å². The number of benzene rings is 2. The number of hydrogen-bond donors (Lipinski definition) is 0. The van der Waals surface area contributed by atoms with Crippen molar-refractivity contribution in [1.29, 1.82) is 0 Å². The normalized spacial score (nSPS) is 13.9. The summed E-state index contributed by atoms with van der Waals surface area (Å²) in [5, 5.41) is 11.4. The number of ether oxygens (including phenoxy) is 1. The van der Waals surface area contributed by atoms with E-state index in [1.807, 2.05) is 0 Å². The van der Waals surface area contributed by atoms with E-state index in [0.717, 1.165) is 30.5 Å². The summed E-state index contributed by atoms with van der Waals surface area (Å²) < 4.78 is 99.9. The molecule has 2 aromatic carbocycles. The number of alkyl halides is 6. The summed E-state index contributed by atoms with van der Waals surface area (Å²) in [5.74, 6) is -2.65. The van der Waals surface area contributed by atoms with Gasteiger partial charge in [0.15, 0.2) is 5.69 Å². The molecule has 0 bridgehead atoms. The fourth-order valence-electron chi connectivity index (χ4n) is 4.21. The standard InChI is InChI=1S/C26H18F7NO3.Na/c27-21-7-2-1-4-14(21)13-37-22-9-8-16(25(28,29)30)11-19(22)18-6-3-5-17(18)15-10-20(24(35)36)23(34-12-15)26(31,32)33;/h1-2,4,7-12H,3,5-6,13H2,(H,35,36);/q;+1/p-1. The molecule has 1 aromatic heterocycles. The van der Waals surface area contributed by atoms with Gasteiger partial charge in [-0.1, -0.05) is 18.2 Å². The van der Waals surface area contributed by atoms with Gasteiger partial charge in [-0.15, -0.1) is 0 Å². The van der Waals surface area contributed by atoms with Crippen LogP contribution in [-0.4, -0.2) is 11.0 Å². The average Bonchev–Trinajstić information content (AvgIpc) is 3.31. The molecule has 194 valence electrons. The Morgan fingerprint density at radius 2 is 1.63 bits per heavy atom. The van der Waals surface area contributed by atoms with Crippen molar-refractivity contribution >= 4 is 17.1 Å². The van der Waals surface area contributed by atoms with Crippen LogP contribution in [0.4, 0.5) is 30.7 Å². The van der Waals surface area contributed by atoms with E-state index in [4.69, 9.17) is 4.74 Å². The monoisotopic (exact) mass is 547 g/mol. The van der Waals surface area contributed by atoms with E-state index < -0.39 is 41.0 Å². The van der Waals surface area contributed by atoms with Crippen LogP contribution in [0.1, 0.15) is 57.6 Å². The van der Waals surface area contributed by atoms with Gasteiger partial charge in [-0.3, -0.25) is 4.98 Å². The minimum absolute atomic E-state index is 0. The van der Waals surface area contributed by atoms with Crippen molar-refractivity contribution < 1.29 is 74.9 Å². The van der Waals surface area contributed by atoms with Gasteiger partial charge >= 0.3 is 41.9 Å². The summed E-state index contributed by atoms with van der Waals surface area (Å²) in [6, 6.07) is 9.22. The van der Waals surface area contributed by atoms with Crippen molar-refractivity contribution in [3.8, 4) is 5.75 Å². The molecular formula is C26H17F7NNaO3. The predicted octanol–water partition coefficient (Wildman–Crippen LogP) is 3.30. The number of pyridine rings is 1. The van der Waals surface area contributed by atoms with Gasteiger partial charge in [-0.05, 0) is 66.3 Å². The maximum Gasteiger partial charge on any atom is 1.00 e. The molecule has 3 aromatic rings. The molecule has 0 N–H and O–H groups in total. The molecule has 0 spiro atoms. The van der Waals surface area contributed by atoms with Crippen LogP contribution < -0.4 is 39.4 Å². The molecule has 0 saturated carbocycles. The molecule has 0 aliphatic heterocycles. The average molecular weight is 547 g/mol. The first-order valence-corrected chi connectivity index (χ1v) is 10.9. The molecular weight excluding hydrogens is 530 g/mol. The second-order valence-corrected chi connectivity index (χ2v) is 8.30. The van der Waals surface area contributed by atoms with E-state index in [9.17, 15) is 40.6 Å². The maximum atomic E-state index is 14.0.